The number of hydrogen-bond acceptors (Lipinski definition) is 3. The number of para-hydroxylation sites is 1. The number of aromatic carboxylic acids is 1. The lowest BCUT2D eigenvalue weighted by Crippen LogP contribution is -2.03. The smallest absolute Gasteiger partial charge is 0.358 e. The van der Waals surface area contributed by atoms with E-state index in [9.17, 15) is 9.90 Å². The van der Waals surface area contributed by atoms with Crippen LogP contribution in [0, 0.1) is 0 Å². The maximum Gasteiger partial charge on any atom is 0.358 e. The van der Waals surface area contributed by atoms with Gasteiger partial charge in [-0.2, -0.15) is 0 Å². The molecule has 0 aliphatic carbocycles. The van der Waals surface area contributed by atoms with E-state index < -0.39 is 5.97 Å². The molecule has 0 aliphatic heterocycles. The van der Waals surface area contributed by atoms with E-state index in [-0.39, 0.29) is 5.69 Å². The molecular formula is C15H10ClN3O2. The number of carbonyl (C=O) groups is 1. The molecule has 0 aliphatic rings. The predicted molar refractivity (Wildman–Crippen MR) is 78.8 cm³/mol. The molecule has 0 unspecified atom stereocenters. The summed E-state index contributed by atoms with van der Waals surface area (Å²) in [6.07, 6.45) is 0. The second-order valence-corrected chi connectivity index (χ2v) is 4.79. The van der Waals surface area contributed by atoms with Gasteiger partial charge in [0.2, 0.25) is 0 Å². The summed E-state index contributed by atoms with van der Waals surface area (Å²) in [5.41, 5.74) is 1.67. The van der Waals surface area contributed by atoms with Crippen molar-refractivity contribution in [3.63, 3.8) is 0 Å². The fourth-order valence-electron chi connectivity index (χ4n) is 2.07. The maximum absolute atomic E-state index is 11.4. The van der Waals surface area contributed by atoms with Crippen LogP contribution in [0.4, 0.5) is 0 Å². The van der Waals surface area contributed by atoms with Crippen LogP contribution in [0.15, 0.2) is 54.6 Å². The van der Waals surface area contributed by atoms with Gasteiger partial charge in [0, 0.05) is 10.6 Å². The van der Waals surface area contributed by atoms with Gasteiger partial charge in [-0.15, -0.1) is 5.10 Å². The number of aromatic nitrogens is 3. The Morgan fingerprint density at radius 3 is 2.52 bits per heavy atom. The molecule has 3 aromatic rings. The van der Waals surface area contributed by atoms with Crippen molar-refractivity contribution in [3.8, 4) is 16.9 Å². The topological polar surface area (TPSA) is 68.0 Å². The van der Waals surface area contributed by atoms with E-state index in [1.807, 2.05) is 30.3 Å². The zero-order valence-electron chi connectivity index (χ0n) is 10.8. The van der Waals surface area contributed by atoms with Crippen molar-refractivity contribution in [3.05, 3.63) is 65.3 Å². The van der Waals surface area contributed by atoms with Crippen LogP contribution in [0.3, 0.4) is 0 Å². The number of nitrogens with zero attached hydrogens (tertiary/aromatic N) is 3. The Labute approximate surface area is 125 Å². The number of benzene rings is 2. The minimum Gasteiger partial charge on any atom is -0.476 e. The summed E-state index contributed by atoms with van der Waals surface area (Å²) in [6.45, 7) is 0. The first kappa shape index (κ1) is 13.3. The van der Waals surface area contributed by atoms with Crippen molar-refractivity contribution in [1.29, 1.82) is 0 Å². The Balaban J connectivity index is 2.26. The van der Waals surface area contributed by atoms with Crippen LogP contribution in [-0.2, 0) is 0 Å². The van der Waals surface area contributed by atoms with Crippen molar-refractivity contribution in [1.82, 2.24) is 15.0 Å². The molecule has 1 aromatic heterocycles. The summed E-state index contributed by atoms with van der Waals surface area (Å²) < 4.78 is 1.50. The highest BCUT2D eigenvalue weighted by molar-refractivity contribution is 6.30. The maximum atomic E-state index is 11.4. The summed E-state index contributed by atoms with van der Waals surface area (Å²) >= 11 is 5.99. The van der Waals surface area contributed by atoms with Gasteiger partial charge in [0.1, 0.15) is 5.69 Å². The average molecular weight is 300 g/mol. The average Bonchev–Trinajstić information content (AvgIpc) is 2.93. The van der Waals surface area contributed by atoms with Crippen molar-refractivity contribution in [2.75, 3.05) is 0 Å². The highest BCUT2D eigenvalue weighted by Gasteiger charge is 2.21. The van der Waals surface area contributed by atoms with Crippen molar-refractivity contribution >= 4 is 17.6 Å². The van der Waals surface area contributed by atoms with E-state index in [1.165, 1.54) is 4.68 Å². The summed E-state index contributed by atoms with van der Waals surface area (Å²) in [6, 6.07) is 16.2. The summed E-state index contributed by atoms with van der Waals surface area (Å²) in [5, 5.41) is 17.6. The Kier molecular flexibility index (Phi) is 3.41. The zero-order valence-corrected chi connectivity index (χ0v) is 11.5. The molecule has 0 spiro atoms. The van der Waals surface area contributed by atoms with E-state index in [0.717, 1.165) is 5.69 Å². The van der Waals surface area contributed by atoms with Crippen LogP contribution < -0.4 is 0 Å². The Hall–Kier alpha value is -2.66. The largest absolute Gasteiger partial charge is 0.476 e. The molecule has 1 N–H and O–H groups in total. The van der Waals surface area contributed by atoms with Crippen LogP contribution in [0.5, 0.6) is 0 Å². The lowest BCUT2D eigenvalue weighted by molar-refractivity contribution is 0.0691. The van der Waals surface area contributed by atoms with Gasteiger partial charge >= 0.3 is 5.97 Å². The second kappa shape index (κ2) is 5.38. The molecule has 0 amide bonds. The Morgan fingerprint density at radius 2 is 1.86 bits per heavy atom. The molecule has 6 heteroatoms. The van der Waals surface area contributed by atoms with E-state index in [2.05, 4.69) is 10.3 Å². The van der Waals surface area contributed by atoms with Crippen molar-refractivity contribution in [2.24, 2.45) is 0 Å². The first-order valence-electron chi connectivity index (χ1n) is 6.17. The van der Waals surface area contributed by atoms with E-state index >= 15 is 0 Å². The monoisotopic (exact) mass is 299 g/mol. The molecule has 2 aromatic carbocycles. The Bertz CT molecular complexity index is 800. The molecule has 0 saturated heterocycles. The highest BCUT2D eigenvalue weighted by Crippen LogP contribution is 2.27. The first-order valence-corrected chi connectivity index (χ1v) is 6.55. The van der Waals surface area contributed by atoms with Crippen LogP contribution >= 0.6 is 11.6 Å². The quantitative estimate of drug-likeness (QED) is 0.806. The fourth-order valence-corrected chi connectivity index (χ4v) is 2.26. The van der Waals surface area contributed by atoms with Crippen LogP contribution in [-0.4, -0.2) is 26.1 Å². The van der Waals surface area contributed by atoms with Gasteiger partial charge in [0.15, 0.2) is 5.69 Å². The Morgan fingerprint density at radius 1 is 1.10 bits per heavy atom. The molecule has 5 nitrogen and oxygen atoms in total. The van der Waals surface area contributed by atoms with Crippen LogP contribution in [0.25, 0.3) is 16.9 Å². The molecule has 21 heavy (non-hydrogen) atoms. The van der Waals surface area contributed by atoms with E-state index in [0.29, 0.717) is 16.3 Å². The molecule has 1 heterocycles. The van der Waals surface area contributed by atoms with Crippen LogP contribution in [0.2, 0.25) is 5.02 Å². The minimum atomic E-state index is -1.13. The molecule has 0 radical (unpaired) electrons. The minimum absolute atomic E-state index is 0.110. The van der Waals surface area contributed by atoms with Gasteiger partial charge in [-0.25, -0.2) is 9.48 Å². The zero-order chi connectivity index (χ0) is 14.8. The second-order valence-electron chi connectivity index (χ2n) is 4.35. The van der Waals surface area contributed by atoms with Crippen molar-refractivity contribution in [2.45, 2.75) is 0 Å². The number of rotatable bonds is 3. The van der Waals surface area contributed by atoms with Gasteiger partial charge in [0.05, 0.1) is 5.69 Å². The number of carboxylic acids is 1. The molecule has 104 valence electrons. The predicted octanol–water partition coefficient (Wildman–Crippen LogP) is 3.29. The number of carboxylic acid groups (broad SMARTS) is 1. The van der Waals surface area contributed by atoms with Gasteiger partial charge in [-0.3, -0.25) is 0 Å². The molecule has 0 saturated carbocycles. The summed E-state index contributed by atoms with van der Waals surface area (Å²) in [4.78, 5) is 11.4. The van der Waals surface area contributed by atoms with Gasteiger partial charge in [0.25, 0.3) is 0 Å². The lowest BCUT2D eigenvalue weighted by Gasteiger charge is -2.07. The van der Waals surface area contributed by atoms with Crippen LogP contribution in [0.1, 0.15) is 10.5 Å². The van der Waals surface area contributed by atoms with E-state index in [1.54, 1.807) is 24.3 Å². The highest BCUT2D eigenvalue weighted by atomic mass is 35.5. The molecule has 0 fully saturated rings. The van der Waals surface area contributed by atoms with Gasteiger partial charge < -0.3 is 5.11 Å². The number of hydrogen-bond donors (Lipinski definition) is 1. The molecule has 0 atom stereocenters. The SMILES string of the molecule is O=C(O)c1nnn(-c2ccccc2)c1-c1cccc(Cl)c1. The normalized spacial score (nSPS) is 10.5. The summed E-state index contributed by atoms with van der Waals surface area (Å²) in [7, 11) is 0. The first-order chi connectivity index (χ1) is 10.2. The van der Waals surface area contributed by atoms with E-state index in [4.69, 9.17) is 11.6 Å². The summed E-state index contributed by atoms with van der Waals surface area (Å²) in [5.74, 6) is -1.13. The fraction of sp³-hybridized carbons (Fsp3) is 0. The van der Waals surface area contributed by atoms with Gasteiger partial charge in [-0.1, -0.05) is 47.1 Å². The lowest BCUT2D eigenvalue weighted by atomic mass is 10.1. The third-order valence-electron chi connectivity index (χ3n) is 2.97. The third-order valence-corrected chi connectivity index (χ3v) is 3.21. The third kappa shape index (κ3) is 2.51. The van der Waals surface area contributed by atoms with Gasteiger partial charge in [-0.05, 0) is 24.3 Å². The molecule has 3 rings (SSSR count). The molecular weight excluding hydrogens is 290 g/mol. The standard InChI is InChI=1S/C15H10ClN3O2/c16-11-6-4-5-10(9-11)14-13(15(20)21)17-18-19(14)12-7-2-1-3-8-12/h1-9H,(H,20,21). The number of halogens is 1. The molecule has 0 bridgehead atoms. The van der Waals surface area contributed by atoms with Crippen molar-refractivity contribution < 1.29 is 9.90 Å².